The van der Waals surface area contributed by atoms with Crippen molar-refractivity contribution < 1.29 is 35.1 Å². The zero-order valence-corrected chi connectivity index (χ0v) is 27.9. The van der Waals surface area contributed by atoms with Crippen LogP contribution >= 0.6 is 90.4 Å². The SMILES string of the molecule is Fc1c(F)c(F)c(I)c(I)c1F.Fc1c(F)c(F)c(I)c(I)c1F.c1cc2ccc3cccc4ccc(c1)c2c34. The van der Waals surface area contributed by atoms with Crippen LogP contribution in [0.25, 0.3) is 32.3 Å². The molecule has 0 atom stereocenters. The Kier molecular flexibility index (Phi) is 10.2. The van der Waals surface area contributed by atoms with Crippen molar-refractivity contribution in [3.63, 3.8) is 0 Å². The molecule has 0 saturated heterocycles. The van der Waals surface area contributed by atoms with Crippen LogP contribution in [0.15, 0.2) is 60.7 Å². The van der Waals surface area contributed by atoms with Gasteiger partial charge in [-0.3, -0.25) is 0 Å². The molecule has 0 aliphatic carbocycles. The van der Waals surface area contributed by atoms with Crippen molar-refractivity contribution in [2.75, 3.05) is 0 Å². The molecule has 6 aromatic rings. The minimum absolute atomic E-state index is 0.246. The highest BCUT2D eigenvalue weighted by Gasteiger charge is 2.23. The maximum Gasteiger partial charge on any atom is 0.198 e. The van der Waals surface area contributed by atoms with E-state index in [-0.39, 0.29) is 14.3 Å². The van der Waals surface area contributed by atoms with Crippen molar-refractivity contribution >= 4 is 123 Å². The summed E-state index contributed by atoms with van der Waals surface area (Å²) in [6, 6.07) is 21.9. The fourth-order valence-corrected chi connectivity index (χ4v) is 5.72. The van der Waals surface area contributed by atoms with Crippen molar-refractivity contribution in [1.29, 1.82) is 0 Å². The molecule has 0 bridgehead atoms. The summed E-state index contributed by atoms with van der Waals surface area (Å²) < 4.78 is 99.3. The second kappa shape index (κ2) is 12.9. The van der Waals surface area contributed by atoms with Gasteiger partial charge >= 0.3 is 0 Å². The van der Waals surface area contributed by atoms with Gasteiger partial charge in [0, 0.05) is 0 Å². The molecule has 0 amide bonds. The minimum atomic E-state index is -1.77. The lowest BCUT2D eigenvalue weighted by Gasteiger charge is -2.09. The van der Waals surface area contributed by atoms with Gasteiger partial charge < -0.3 is 0 Å². The third-order valence-electron chi connectivity index (χ3n) is 5.71. The van der Waals surface area contributed by atoms with E-state index < -0.39 is 46.5 Å². The number of halogens is 12. The van der Waals surface area contributed by atoms with Gasteiger partial charge in [-0.05, 0) is 123 Å². The third-order valence-corrected chi connectivity index (χ3v) is 11.8. The topological polar surface area (TPSA) is 0 Å². The second-order valence-corrected chi connectivity index (χ2v) is 12.4. The first-order valence-electron chi connectivity index (χ1n) is 10.8. The predicted octanol–water partition coefficient (Wildman–Crippen LogP) is 11.5. The van der Waals surface area contributed by atoms with Crippen molar-refractivity contribution in [2.45, 2.75) is 0 Å². The summed E-state index contributed by atoms with van der Waals surface area (Å²) in [5.74, 6) is -12.5. The molecule has 0 heterocycles. The second-order valence-electron chi connectivity index (χ2n) is 8.06. The number of rotatable bonds is 0. The van der Waals surface area contributed by atoms with Gasteiger partial charge in [0.2, 0.25) is 0 Å². The van der Waals surface area contributed by atoms with Gasteiger partial charge in [-0.15, -0.1) is 0 Å². The molecule has 0 unspecified atom stereocenters. The smallest absolute Gasteiger partial charge is 0.198 e. The van der Waals surface area contributed by atoms with E-state index in [2.05, 4.69) is 60.7 Å². The Bertz CT molecular complexity index is 1480. The van der Waals surface area contributed by atoms with E-state index in [1.165, 1.54) is 123 Å². The Morgan fingerprint density at radius 2 is 0.500 bits per heavy atom. The highest BCUT2D eigenvalue weighted by molar-refractivity contribution is 14.1. The van der Waals surface area contributed by atoms with E-state index in [1.54, 1.807) is 0 Å². The van der Waals surface area contributed by atoms with Gasteiger partial charge in [-0.1, -0.05) is 60.7 Å². The van der Waals surface area contributed by atoms with Gasteiger partial charge in [0.15, 0.2) is 46.5 Å². The molecular weight excluding hydrogens is 996 g/mol. The van der Waals surface area contributed by atoms with Crippen LogP contribution < -0.4 is 0 Å². The van der Waals surface area contributed by atoms with E-state index in [0.29, 0.717) is 0 Å². The summed E-state index contributed by atoms with van der Waals surface area (Å²) in [4.78, 5) is 0. The van der Waals surface area contributed by atoms with Gasteiger partial charge in [0.25, 0.3) is 0 Å². The molecule has 12 heteroatoms. The average Bonchev–Trinajstić information content (AvgIpc) is 2.98. The molecule has 6 rings (SSSR count). The van der Waals surface area contributed by atoms with Crippen LogP contribution in [0.4, 0.5) is 35.1 Å². The van der Waals surface area contributed by atoms with Crippen LogP contribution in [0, 0.1) is 60.8 Å². The Morgan fingerprint density at radius 3 is 0.700 bits per heavy atom. The van der Waals surface area contributed by atoms with Crippen molar-refractivity contribution in [3.05, 3.63) is 121 Å². The molecule has 0 aliphatic heterocycles. The number of hydrogen-bond donors (Lipinski definition) is 0. The Balaban J connectivity index is 0.000000142. The first-order valence-corrected chi connectivity index (χ1v) is 15.1. The quantitative estimate of drug-likeness (QED) is 0.0468. The summed E-state index contributed by atoms with van der Waals surface area (Å²) in [5, 5.41) is 8.14. The lowest BCUT2D eigenvalue weighted by atomic mass is 9.95. The van der Waals surface area contributed by atoms with Crippen LogP contribution in [0.5, 0.6) is 0 Å². The van der Waals surface area contributed by atoms with Crippen LogP contribution in [-0.2, 0) is 0 Å². The van der Waals surface area contributed by atoms with E-state index in [0.717, 1.165) is 0 Å². The van der Waals surface area contributed by atoms with Gasteiger partial charge in [0.05, 0.1) is 14.3 Å². The van der Waals surface area contributed by atoms with Gasteiger partial charge in [-0.2, -0.15) is 0 Å². The highest BCUT2D eigenvalue weighted by atomic mass is 127. The monoisotopic (exact) mass is 1010 g/mol. The van der Waals surface area contributed by atoms with Gasteiger partial charge in [-0.25, -0.2) is 35.1 Å². The molecule has 0 saturated carbocycles. The summed E-state index contributed by atoms with van der Waals surface area (Å²) in [6.07, 6.45) is 0. The zero-order chi connectivity index (χ0) is 29.5. The molecule has 40 heavy (non-hydrogen) atoms. The van der Waals surface area contributed by atoms with E-state index in [4.69, 9.17) is 0 Å². The Hall–Kier alpha value is -1.28. The Labute approximate surface area is 276 Å². The highest BCUT2D eigenvalue weighted by Crippen LogP contribution is 2.34. The van der Waals surface area contributed by atoms with Crippen LogP contribution in [0.1, 0.15) is 0 Å². The molecule has 0 aliphatic rings. The molecule has 0 N–H and O–H groups in total. The zero-order valence-electron chi connectivity index (χ0n) is 19.3. The molecular formula is C28H10F8I4. The van der Waals surface area contributed by atoms with Crippen LogP contribution in [0.2, 0.25) is 0 Å². The van der Waals surface area contributed by atoms with E-state index in [9.17, 15) is 35.1 Å². The number of hydrogen-bond acceptors (Lipinski definition) is 0. The summed E-state index contributed by atoms with van der Waals surface area (Å²) in [6.45, 7) is 0. The van der Waals surface area contributed by atoms with Crippen LogP contribution in [-0.4, -0.2) is 0 Å². The maximum atomic E-state index is 12.6. The van der Waals surface area contributed by atoms with Gasteiger partial charge in [0.1, 0.15) is 0 Å². The van der Waals surface area contributed by atoms with Crippen molar-refractivity contribution in [3.8, 4) is 0 Å². The van der Waals surface area contributed by atoms with Crippen LogP contribution in [0.3, 0.4) is 0 Å². The molecule has 206 valence electrons. The summed E-state index contributed by atoms with van der Waals surface area (Å²) in [7, 11) is 0. The average molecular weight is 1010 g/mol. The first kappa shape index (κ1) is 31.7. The molecule has 6 aromatic carbocycles. The van der Waals surface area contributed by atoms with Crippen molar-refractivity contribution in [1.82, 2.24) is 0 Å². The summed E-state index contributed by atoms with van der Waals surface area (Å²) in [5.41, 5.74) is 0. The molecule has 0 fully saturated rings. The fourth-order valence-electron chi connectivity index (χ4n) is 3.83. The Morgan fingerprint density at radius 1 is 0.300 bits per heavy atom. The maximum absolute atomic E-state index is 12.6. The minimum Gasteiger partial charge on any atom is -0.202 e. The molecule has 0 radical (unpaired) electrons. The number of benzene rings is 6. The lowest BCUT2D eigenvalue weighted by Crippen LogP contribution is -2.02. The predicted molar refractivity (Wildman–Crippen MR) is 174 cm³/mol. The third kappa shape index (κ3) is 5.95. The molecule has 0 nitrogen and oxygen atoms in total. The summed E-state index contributed by atoms with van der Waals surface area (Å²) >= 11 is 5.63. The normalized spacial score (nSPS) is 11.0. The standard InChI is InChI=1S/C16H10.2C6F4I2/c1-3-11-7-9-13-5-2-6-14-10-8-12(4-1)15(11)16(13)14;2*7-1-2(8)4(10)6(12)5(11)3(1)9/h1-10H;;. The lowest BCUT2D eigenvalue weighted by molar-refractivity contribution is 0.402. The van der Waals surface area contributed by atoms with E-state index in [1.807, 2.05) is 0 Å². The largest absolute Gasteiger partial charge is 0.202 e. The molecule has 0 spiro atoms. The van der Waals surface area contributed by atoms with E-state index >= 15 is 0 Å². The fraction of sp³-hybridized carbons (Fsp3) is 0. The first-order chi connectivity index (χ1) is 18.9. The molecule has 0 aromatic heterocycles. The van der Waals surface area contributed by atoms with Crippen molar-refractivity contribution in [2.24, 2.45) is 0 Å².